The van der Waals surface area contributed by atoms with Gasteiger partial charge in [-0.25, -0.2) is 4.98 Å². The summed E-state index contributed by atoms with van der Waals surface area (Å²) >= 11 is 2.36. The Morgan fingerprint density at radius 2 is 1.88 bits per heavy atom. The summed E-state index contributed by atoms with van der Waals surface area (Å²) in [7, 11) is 5.89. The van der Waals surface area contributed by atoms with Crippen molar-refractivity contribution < 1.29 is 0 Å². The Balaban J connectivity index is 2.44. The number of nitrogens with one attached hydrogen (secondary N) is 1. The van der Waals surface area contributed by atoms with Crippen LogP contribution in [0.2, 0.25) is 0 Å². The van der Waals surface area contributed by atoms with E-state index in [1.54, 1.807) is 0 Å². The van der Waals surface area contributed by atoms with E-state index in [0.717, 1.165) is 11.8 Å². The predicted octanol–water partition coefficient (Wildman–Crippen LogP) is 2.85. The maximum Gasteiger partial charge on any atom is 0.227 e. The molecule has 4 nitrogen and oxygen atoms in total. The molecule has 0 bridgehead atoms. The van der Waals surface area contributed by atoms with E-state index in [0.29, 0.717) is 5.92 Å². The highest BCUT2D eigenvalue weighted by Gasteiger charge is 2.23. The molecule has 0 unspecified atom stereocenters. The minimum atomic E-state index is 0.621. The molecule has 0 spiro atoms. The number of hydrogen-bond acceptors (Lipinski definition) is 4. The molecule has 1 heterocycles. The third-order valence-electron chi connectivity index (χ3n) is 3.24. The number of anilines is 2. The third kappa shape index (κ3) is 2.64. The fourth-order valence-corrected chi connectivity index (χ4v) is 3.24. The number of aromatic nitrogens is 2. The summed E-state index contributed by atoms with van der Waals surface area (Å²) in [5.74, 6) is 2.37. The zero-order chi connectivity index (χ0) is 12.4. The first-order chi connectivity index (χ1) is 8.13. The second-order valence-electron chi connectivity index (χ2n) is 4.70. The van der Waals surface area contributed by atoms with Crippen LogP contribution in [-0.4, -0.2) is 31.1 Å². The first kappa shape index (κ1) is 12.9. The largest absolute Gasteiger partial charge is 0.372 e. The zero-order valence-electron chi connectivity index (χ0n) is 10.6. The fourth-order valence-electron chi connectivity index (χ4n) is 2.29. The van der Waals surface area contributed by atoms with Crippen LogP contribution in [0.25, 0.3) is 0 Å². The lowest BCUT2D eigenvalue weighted by Gasteiger charge is -2.18. The lowest BCUT2D eigenvalue weighted by molar-refractivity contribution is 0.688. The third-order valence-corrected chi connectivity index (χ3v) is 4.31. The van der Waals surface area contributed by atoms with Gasteiger partial charge in [-0.3, -0.25) is 0 Å². The molecule has 1 N–H and O–H groups in total. The molecule has 0 aliphatic heterocycles. The minimum absolute atomic E-state index is 0.621. The lowest BCUT2D eigenvalue weighted by Crippen LogP contribution is -2.17. The van der Waals surface area contributed by atoms with Crippen molar-refractivity contribution in [3.8, 4) is 0 Å². The van der Waals surface area contributed by atoms with E-state index in [4.69, 9.17) is 4.98 Å². The molecule has 1 aliphatic rings. The molecule has 94 valence electrons. The number of nitrogens with zero attached hydrogens (tertiary/aromatic N) is 3. The van der Waals surface area contributed by atoms with Crippen LogP contribution in [0.3, 0.4) is 0 Å². The average Bonchev–Trinajstić information content (AvgIpc) is 2.82. The first-order valence-corrected chi connectivity index (χ1v) is 7.14. The van der Waals surface area contributed by atoms with Gasteiger partial charge in [-0.15, -0.1) is 0 Å². The second-order valence-corrected chi connectivity index (χ2v) is 5.78. The lowest BCUT2D eigenvalue weighted by atomic mass is 10.0. The summed E-state index contributed by atoms with van der Waals surface area (Å²) in [6.07, 6.45) is 5.19. The van der Waals surface area contributed by atoms with Crippen molar-refractivity contribution in [2.75, 3.05) is 31.4 Å². The molecular formula is C12H19IN4. The van der Waals surface area contributed by atoms with Gasteiger partial charge in [0.1, 0.15) is 5.82 Å². The highest BCUT2D eigenvalue weighted by molar-refractivity contribution is 14.1. The molecule has 1 aromatic rings. The maximum atomic E-state index is 4.73. The molecule has 1 aromatic heterocycles. The molecule has 0 amide bonds. The van der Waals surface area contributed by atoms with Gasteiger partial charge in [0.15, 0.2) is 0 Å². The summed E-state index contributed by atoms with van der Waals surface area (Å²) in [5.41, 5.74) is 1.23. The van der Waals surface area contributed by atoms with Crippen molar-refractivity contribution in [2.24, 2.45) is 0 Å². The van der Waals surface area contributed by atoms with Gasteiger partial charge in [-0.05, 0) is 35.4 Å². The van der Waals surface area contributed by atoms with Crippen molar-refractivity contribution in [3.63, 3.8) is 0 Å². The molecular weight excluding hydrogens is 327 g/mol. The second kappa shape index (κ2) is 5.37. The molecule has 0 aromatic carbocycles. The Morgan fingerprint density at radius 1 is 1.24 bits per heavy atom. The van der Waals surface area contributed by atoms with Crippen molar-refractivity contribution in [2.45, 2.75) is 31.6 Å². The van der Waals surface area contributed by atoms with Gasteiger partial charge in [0, 0.05) is 27.1 Å². The Hall–Kier alpha value is -0.590. The predicted molar refractivity (Wildman–Crippen MR) is 79.8 cm³/mol. The van der Waals surface area contributed by atoms with Crippen molar-refractivity contribution in [1.29, 1.82) is 0 Å². The van der Waals surface area contributed by atoms with Gasteiger partial charge in [0.25, 0.3) is 0 Å². The molecule has 5 heteroatoms. The Kier molecular flexibility index (Phi) is 4.06. The molecule has 2 rings (SSSR count). The highest BCUT2D eigenvalue weighted by atomic mass is 127. The molecule has 0 radical (unpaired) electrons. The van der Waals surface area contributed by atoms with Gasteiger partial charge in [-0.1, -0.05) is 12.8 Å². The van der Waals surface area contributed by atoms with Crippen LogP contribution in [0.1, 0.15) is 37.3 Å². The van der Waals surface area contributed by atoms with E-state index in [-0.39, 0.29) is 0 Å². The molecule has 17 heavy (non-hydrogen) atoms. The number of rotatable bonds is 3. The molecule has 0 atom stereocenters. The van der Waals surface area contributed by atoms with Crippen LogP contribution in [0.4, 0.5) is 11.8 Å². The van der Waals surface area contributed by atoms with Crippen molar-refractivity contribution in [3.05, 3.63) is 9.26 Å². The summed E-state index contributed by atoms with van der Waals surface area (Å²) in [6, 6.07) is 0. The summed E-state index contributed by atoms with van der Waals surface area (Å²) in [6.45, 7) is 0. The zero-order valence-corrected chi connectivity index (χ0v) is 12.8. The smallest absolute Gasteiger partial charge is 0.227 e. The topological polar surface area (TPSA) is 41.1 Å². The summed E-state index contributed by atoms with van der Waals surface area (Å²) < 4.78 is 1.18. The van der Waals surface area contributed by atoms with Gasteiger partial charge in [0.2, 0.25) is 5.95 Å². The van der Waals surface area contributed by atoms with E-state index in [9.17, 15) is 0 Å². The van der Waals surface area contributed by atoms with E-state index in [1.807, 2.05) is 26.0 Å². The number of halogens is 1. The SMILES string of the molecule is CNc1nc(N(C)C)nc(C2CCCC2)c1I. The van der Waals surface area contributed by atoms with E-state index in [1.165, 1.54) is 34.9 Å². The number of hydrogen-bond donors (Lipinski definition) is 1. The highest BCUT2D eigenvalue weighted by Crippen LogP contribution is 2.37. The molecule has 1 fully saturated rings. The molecule has 0 saturated heterocycles. The Labute approximate surface area is 116 Å². The van der Waals surface area contributed by atoms with Crippen LogP contribution in [-0.2, 0) is 0 Å². The van der Waals surface area contributed by atoms with Crippen molar-refractivity contribution >= 4 is 34.4 Å². The van der Waals surface area contributed by atoms with Crippen LogP contribution < -0.4 is 10.2 Å². The Bertz CT molecular complexity index is 400. The van der Waals surface area contributed by atoms with Crippen LogP contribution in [0.5, 0.6) is 0 Å². The summed E-state index contributed by atoms with van der Waals surface area (Å²) in [4.78, 5) is 11.2. The van der Waals surface area contributed by atoms with Gasteiger partial charge < -0.3 is 10.2 Å². The van der Waals surface area contributed by atoms with E-state index >= 15 is 0 Å². The minimum Gasteiger partial charge on any atom is -0.372 e. The quantitative estimate of drug-likeness (QED) is 0.855. The summed E-state index contributed by atoms with van der Waals surface area (Å²) in [5, 5.41) is 3.17. The van der Waals surface area contributed by atoms with Crippen LogP contribution in [0, 0.1) is 3.57 Å². The fraction of sp³-hybridized carbons (Fsp3) is 0.667. The van der Waals surface area contributed by atoms with Crippen LogP contribution >= 0.6 is 22.6 Å². The van der Waals surface area contributed by atoms with Gasteiger partial charge >= 0.3 is 0 Å². The maximum absolute atomic E-state index is 4.73. The van der Waals surface area contributed by atoms with Gasteiger partial charge in [-0.2, -0.15) is 4.98 Å². The van der Waals surface area contributed by atoms with Crippen molar-refractivity contribution in [1.82, 2.24) is 9.97 Å². The van der Waals surface area contributed by atoms with Crippen LogP contribution in [0.15, 0.2) is 0 Å². The Morgan fingerprint density at radius 3 is 2.41 bits per heavy atom. The standard InChI is InChI=1S/C12H19IN4/c1-14-11-9(13)10(8-6-4-5-7-8)15-12(16-11)17(2)3/h8H,4-7H2,1-3H3,(H,14,15,16). The molecule has 1 aliphatic carbocycles. The normalized spacial score (nSPS) is 16.2. The van der Waals surface area contributed by atoms with Gasteiger partial charge in [0.05, 0.1) is 9.26 Å². The van der Waals surface area contributed by atoms with E-state index in [2.05, 4.69) is 32.9 Å². The molecule has 1 saturated carbocycles. The average molecular weight is 346 g/mol. The monoisotopic (exact) mass is 346 g/mol. The first-order valence-electron chi connectivity index (χ1n) is 6.06. The van der Waals surface area contributed by atoms with E-state index < -0.39 is 0 Å².